The Kier molecular flexibility index (Phi) is 3.37. The Labute approximate surface area is 118 Å². The number of H-pyrrole nitrogens is 1. The summed E-state index contributed by atoms with van der Waals surface area (Å²) in [6.07, 6.45) is -3.54. The van der Waals surface area contributed by atoms with Crippen molar-refractivity contribution >= 4 is 11.7 Å². The van der Waals surface area contributed by atoms with Crippen LogP contribution in [-0.4, -0.2) is 17.6 Å². The van der Waals surface area contributed by atoms with E-state index in [0.717, 1.165) is 0 Å². The first kappa shape index (κ1) is 14.8. The number of nitrogens with zero attached hydrogens (tertiary/aromatic N) is 1. The van der Waals surface area contributed by atoms with Crippen LogP contribution in [0.15, 0.2) is 30.6 Å². The number of alkyl halides is 3. The molecule has 1 saturated heterocycles. The maximum Gasteiger partial charge on any atom is 0.443 e. The van der Waals surface area contributed by atoms with Gasteiger partial charge in [-0.25, -0.2) is 4.98 Å². The fourth-order valence-electron chi connectivity index (χ4n) is 2.24. The molecule has 0 aromatic carbocycles. The Morgan fingerprint density at radius 3 is 2.76 bits per heavy atom. The van der Waals surface area contributed by atoms with E-state index in [1.54, 1.807) is 13.0 Å². The van der Waals surface area contributed by atoms with Gasteiger partial charge < -0.3 is 5.32 Å². The molecular weight excluding hydrogens is 285 g/mol. The maximum absolute atomic E-state index is 13.5. The Bertz CT molecular complexity index is 650. The van der Waals surface area contributed by atoms with E-state index in [1.165, 1.54) is 18.3 Å². The number of rotatable bonds is 2. The van der Waals surface area contributed by atoms with Crippen molar-refractivity contribution in [1.82, 2.24) is 5.32 Å². The van der Waals surface area contributed by atoms with Crippen LogP contribution in [0.5, 0.6) is 0 Å². The summed E-state index contributed by atoms with van der Waals surface area (Å²) in [5.41, 5.74) is -2.65. The van der Waals surface area contributed by atoms with Gasteiger partial charge in [-0.2, -0.15) is 18.4 Å². The van der Waals surface area contributed by atoms with Gasteiger partial charge in [-0.15, -0.1) is 0 Å². The number of aromatic amines is 1. The topological polar surface area (TPSA) is 79.1 Å². The van der Waals surface area contributed by atoms with E-state index in [4.69, 9.17) is 5.26 Å². The van der Waals surface area contributed by atoms with Crippen LogP contribution >= 0.6 is 0 Å². The lowest BCUT2D eigenvalue weighted by Gasteiger charge is -2.27. The number of nitriles is 1. The summed E-state index contributed by atoms with van der Waals surface area (Å²) in [5.74, 6) is -3.13. The van der Waals surface area contributed by atoms with Crippen LogP contribution in [0, 0.1) is 24.2 Å². The molecule has 3 N–H and O–H groups in total. The van der Waals surface area contributed by atoms with Crippen LogP contribution in [-0.2, 0) is 4.79 Å². The average Bonchev–Trinajstić information content (AvgIpc) is 2.60. The van der Waals surface area contributed by atoms with Crippen LogP contribution in [0.3, 0.4) is 0 Å². The molecule has 110 valence electrons. The van der Waals surface area contributed by atoms with Crippen molar-refractivity contribution in [3.63, 3.8) is 0 Å². The molecule has 1 amide bonds. The van der Waals surface area contributed by atoms with Crippen LogP contribution < -0.4 is 15.6 Å². The minimum Gasteiger partial charge on any atom is -0.325 e. The number of nitrogens with one attached hydrogen (secondary N) is 3. The number of carbonyl (C=O) groups excluding carboxylic acids is 1. The predicted octanol–water partition coefficient (Wildman–Crippen LogP) is 1.31. The van der Waals surface area contributed by atoms with E-state index < -0.39 is 23.5 Å². The number of carbonyl (C=O) groups is 1. The average molecular weight is 297 g/mol. The summed E-state index contributed by atoms with van der Waals surface area (Å²) < 4.78 is 40.6. The number of anilines is 1. The lowest BCUT2D eigenvalue weighted by Crippen LogP contribution is -2.61. The Hall–Kier alpha value is -2.56. The monoisotopic (exact) mass is 297 g/mol. The lowest BCUT2D eigenvalue weighted by molar-refractivity contribution is -0.362. The number of aromatic nitrogens is 1. The zero-order chi connectivity index (χ0) is 15.8. The predicted molar refractivity (Wildman–Crippen MR) is 66.5 cm³/mol. The first-order valence-corrected chi connectivity index (χ1v) is 5.95. The van der Waals surface area contributed by atoms with Gasteiger partial charge in [0.05, 0.1) is 12.3 Å². The second-order valence-corrected chi connectivity index (χ2v) is 4.75. The van der Waals surface area contributed by atoms with Crippen LogP contribution in [0.2, 0.25) is 0 Å². The van der Waals surface area contributed by atoms with E-state index >= 15 is 0 Å². The summed E-state index contributed by atoms with van der Waals surface area (Å²) >= 11 is 0. The summed E-state index contributed by atoms with van der Waals surface area (Å²) in [6, 6.07) is 4.56. The minimum absolute atomic E-state index is 0.0163. The largest absolute Gasteiger partial charge is 0.443 e. The fraction of sp³-hybridized carbons (Fsp3) is 0.308. The van der Waals surface area contributed by atoms with Gasteiger partial charge in [0.25, 0.3) is 17.3 Å². The highest BCUT2D eigenvalue weighted by Crippen LogP contribution is 2.44. The molecule has 1 aromatic rings. The molecule has 2 atom stereocenters. The van der Waals surface area contributed by atoms with Gasteiger partial charge in [0, 0.05) is 11.8 Å². The summed E-state index contributed by atoms with van der Waals surface area (Å²) in [5, 5.41) is 13.2. The SMILES string of the molecule is C=C1NC(=O)[C@@](Nc2cc(C)cc[nH+]2)(C(F)(F)F)[C@H]1C#N. The smallest absolute Gasteiger partial charge is 0.325 e. The summed E-state index contributed by atoms with van der Waals surface area (Å²) in [7, 11) is 0. The van der Waals surface area contributed by atoms with Gasteiger partial charge in [-0.3, -0.25) is 10.1 Å². The van der Waals surface area contributed by atoms with Gasteiger partial charge in [0.15, 0.2) is 0 Å². The molecule has 0 saturated carbocycles. The molecule has 5 nitrogen and oxygen atoms in total. The first-order valence-electron chi connectivity index (χ1n) is 5.95. The molecule has 1 fully saturated rings. The number of amides is 1. The number of pyridine rings is 1. The van der Waals surface area contributed by atoms with Crippen molar-refractivity contribution in [1.29, 1.82) is 5.26 Å². The molecule has 2 heterocycles. The number of halogens is 3. The van der Waals surface area contributed by atoms with Crippen LogP contribution in [0.25, 0.3) is 0 Å². The second-order valence-electron chi connectivity index (χ2n) is 4.75. The molecule has 0 spiro atoms. The molecule has 2 rings (SSSR count). The Morgan fingerprint density at radius 1 is 1.57 bits per heavy atom. The molecule has 8 heteroatoms. The van der Waals surface area contributed by atoms with Crippen molar-refractivity contribution in [2.24, 2.45) is 5.92 Å². The molecule has 0 aliphatic carbocycles. The highest BCUT2D eigenvalue weighted by Gasteiger charge is 2.73. The minimum atomic E-state index is -4.98. The van der Waals surface area contributed by atoms with Gasteiger partial charge in [0.1, 0.15) is 5.92 Å². The van der Waals surface area contributed by atoms with E-state index in [0.29, 0.717) is 5.56 Å². The second kappa shape index (κ2) is 4.77. The first-order chi connectivity index (χ1) is 9.72. The molecular formula is C13H12F3N4O+. The third-order valence-electron chi connectivity index (χ3n) is 3.28. The number of hydrogen-bond donors (Lipinski definition) is 2. The van der Waals surface area contributed by atoms with Crippen LogP contribution in [0.4, 0.5) is 19.0 Å². The van der Waals surface area contributed by atoms with E-state index in [-0.39, 0.29) is 11.5 Å². The van der Waals surface area contributed by atoms with Gasteiger partial charge in [-0.1, -0.05) is 6.58 Å². The molecule has 1 aliphatic rings. The van der Waals surface area contributed by atoms with Crippen molar-refractivity contribution in [3.05, 3.63) is 36.2 Å². The standard InChI is InChI=1S/C13H11F3N4O/c1-7-3-4-18-10(5-7)20-12(13(14,15)16)9(6-17)8(2)19-11(12)21/h3-5,9H,2H2,1H3,(H,18,20)(H,19,21)/p+1/t9-,12+/m0/s1. The summed E-state index contributed by atoms with van der Waals surface area (Å²) in [6.45, 7) is 5.01. The number of hydrogen-bond acceptors (Lipinski definition) is 3. The maximum atomic E-state index is 13.5. The van der Waals surface area contributed by atoms with Gasteiger partial charge >= 0.3 is 6.18 Å². The van der Waals surface area contributed by atoms with E-state index in [2.05, 4.69) is 16.9 Å². The lowest BCUT2D eigenvalue weighted by atomic mass is 9.85. The zero-order valence-electron chi connectivity index (χ0n) is 11.0. The molecule has 1 aliphatic heterocycles. The Morgan fingerprint density at radius 2 is 2.24 bits per heavy atom. The van der Waals surface area contributed by atoms with Crippen molar-refractivity contribution in [2.45, 2.75) is 18.6 Å². The molecule has 0 bridgehead atoms. The third kappa shape index (κ3) is 2.20. The molecule has 21 heavy (non-hydrogen) atoms. The number of aryl methyl sites for hydroxylation is 1. The van der Waals surface area contributed by atoms with Gasteiger partial charge in [0.2, 0.25) is 0 Å². The van der Waals surface area contributed by atoms with Gasteiger partial charge in [-0.05, 0) is 18.6 Å². The molecule has 1 aromatic heterocycles. The highest BCUT2D eigenvalue weighted by atomic mass is 19.4. The normalized spacial score (nSPS) is 25.4. The third-order valence-corrected chi connectivity index (χ3v) is 3.28. The molecule has 0 radical (unpaired) electrons. The zero-order valence-corrected chi connectivity index (χ0v) is 11.0. The van der Waals surface area contributed by atoms with Crippen molar-refractivity contribution in [3.8, 4) is 6.07 Å². The van der Waals surface area contributed by atoms with Crippen molar-refractivity contribution < 1.29 is 22.9 Å². The quantitative estimate of drug-likeness (QED) is 0.863. The molecule has 0 unspecified atom stereocenters. The fourth-order valence-corrected chi connectivity index (χ4v) is 2.24. The van der Waals surface area contributed by atoms with Crippen molar-refractivity contribution in [2.75, 3.05) is 5.32 Å². The Balaban J connectivity index is 2.56. The van der Waals surface area contributed by atoms with E-state index in [9.17, 15) is 18.0 Å². The highest BCUT2D eigenvalue weighted by molar-refractivity contribution is 5.96. The van der Waals surface area contributed by atoms with E-state index in [1.807, 2.05) is 5.32 Å². The van der Waals surface area contributed by atoms with Crippen LogP contribution in [0.1, 0.15) is 5.56 Å². The summed E-state index contributed by atoms with van der Waals surface area (Å²) in [4.78, 5) is 14.5.